The number of Topliss-reactive ketones (excluding diaryl/α,β-unsaturated/α-hetero) is 1. The van der Waals surface area contributed by atoms with E-state index in [-0.39, 0.29) is 23.1 Å². The van der Waals surface area contributed by atoms with E-state index in [1.807, 2.05) is 59.2 Å². The predicted octanol–water partition coefficient (Wildman–Crippen LogP) is 5.37. The summed E-state index contributed by atoms with van der Waals surface area (Å²) in [4.78, 5) is 30.9. The zero-order valence-electron chi connectivity index (χ0n) is 16.9. The van der Waals surface area contributed by atoms with E-state index in [9.17, 15) is 9.59 Å². The van der Waals surface area contributed by atoms with Gasteiger partial charge in [-0.25, -0.2) is 4.98 Å². The number of hydrogen-bond acceptors (Lipinski definition) is 4. The van der Waals surface area contributed by atoms with Crippen LogP contribution in [0.5, 0.6) is 0 Å². The molecule has 2 aromatic carbocycles. The molecule has 4 nitrogen and oxygen atoms in total. The van der Waals surface area contributed by atoms with Crippen LogP contribution >= 0.6 is 11.8 Å². The summed E-state index contributed by atoms with van der Waals surface area (Å²) in [7, 11) is 0. The molecule has 3 aromatic rings. The summed E-state index contributed by atoms with van der Waals surface area (Å²) in [5.41, 5.74) is 1.39. The molecule has 1 saturated carbocycles. The molecule has 29 heavy (non-hydrogen) atoms. The summed E-state index contributed by atoms with van der Waals surface area (Å²) >= 11 is 1.38. The number of para-hydroxylation sites is 1. The van der Waals surface area contributed by atoms with Crippen molar-refractivity contribution in [1.29, 1.82) is 0 Å². The lowest BCUT2D eigenvalue weighted by Crippen LogP contribution is -2.35. The fourth-order valence-corrected chi connectivity index (χ4v) is 5.22. The number of benzene rings is 2. The summed E-state index contributed by atoms with van der Waals surface area (Å²) in [6, 6.07) is 16.9. The van der Waals surface area contributed by atoms with Gasteiger partial charge in [-0.05, 0) is 30.4 Å². The number of aromatic nitrogens is 2. The second kappa shape index (κ2) is 8.54. The molecule has 0 unspecified atom stereocenters. The number of nitrogens with zero attached hydrogens (tertiary/aromatic N) is 2. The van der Waals surface area contributed by atoms with Crippen LogP contribution in [-0.2, 0) is 0 Å². The smallest absolute Gasteiger partial charge is 0.262 e. The molecule has 1 aliphatic carbocycles. The Labute approximate surface area is 175 Å². The van der Waals surface area contributed by atoms with Crippen molar-refractivity contribution < 1.29 is 4.79 Å². The summed E-state index contributed by atoms with van der Waals surface area (Å²) in [6.45, 7) is 4.50. The first-order valence-electron chi connectivity index (χ1n) is 10.3. The van der Waals surface area contributed by atoms with Gasteiger partial charge in [0, 0.05) is 11.6 Å². The lowest BCUT2D eigenvalue weighted by Gasteiger charge is -2.36. The number of rotatable bonds is 5. The molecule has 0 radical (unpaired) electrons. The maximum Gasteiger partial charge on any atom is 0.262 e. The third kappa shape index (κ3) is 4.01. The minimum Gasteiger partial charge on any atom is -0.293 e. The minimum absolute atomic E-state index is 0.0104. The number of carbonyl (C=O) groups is 1. The van der Waals surface area contributed by atoms with Gasteiger partial charge in [-0.1, -0.05) is 80.9 Å². The van der Waals surface area contributed by atoms with Crippen molar-refractivity contribution in [2.24, 2.45) is 11.8 Å². The van der Waals surface area contributed by atoms with Crippen LogP contribution in [0.25, 0.3) is 10.9 Å². The molecular weight excluding hydrogens is 380 g/mol. The predicted molar refractivity (Wildman–Crippen MR) is 119 cm³/mol. The van der Waals surface area contributed by atoms with Crippen LogP contribution in [0, 0.1) is 11.8 Å². The van der Waals surface area contributed by atoms with Gasteiger partial charge < -0.3 is 0 Å². The average molecular weight is 407 g/mol. The first-order valence-corrected chi connectivity index (χ1v) is 11.3. The Bertz CT molecular complexity index is 1080. The number of carbonyl (C=O) groups excluding carboxylic acids is 1. The highest BCUT2D eigenvalue weighted by atomic mass is 32.2. The van der Waals surface area contributed by atoms with E-state index in [1.165, 1.54) is 18.2 Å². The zero-order chi connectivity index (χ0) is 20.4. The maximum absolute atomic E-state index is 13.4. The van der Waals surface area contributed by atoms with Crippen LogP contribution in [0.2, 0.25) is 0 Å². The molecule has 5 heteroatoms. The van der Waals surface area contributed by atoms with Gasteiger partial charge in [0.15, 0.2) is 10.9 Å². The van der Waals surface area contributed by atoms with Crippen LogP contribution in [0.15, 0.2) is 64.5 Å². The van der Waals surface area contributed by atoms with E-state index in [0.717, 1.165) is 12.8 Å². The van der Waals surface area contributed by atoms with Gasteiger partial charge in [0.05, 0.1) is 16.7 Å². The average Bonchev–Trinajstić information content (AvgIpc) is 2.75. The van der Waals surface area contributed by atoms with Crippen LogP contribution in [0.1, 0.15) is 49.5 Å². The quantitative estimate of drug-likeness (QED) is 0.325. The number of ketones is 1. The standard InChI is InChI=1S/C24H26N2O2S/c1-16-9-8-14-21(17(16)2)26-23(28)19-12-6-7-13-20(19)25-24(26)29-15-22(27)18-10-4-3-5-11-18/h3-7,10-13,16-17,21H,8-9,14-15H2,1-2H3/t16-,17-,21-/m1/s1. The molecule has 150 valence electrons. The zero-order valence-corrected chi connectivity index (χ0v) is 17.7. The number of thioether (sulfide) groups is 1. The van der Waals surface area contributed by atoms with Crippen molar-refractivity contribution in [3.05, 3.63) is 70.5 Å². The molecule has 0 amide bonds. The fourth-order valence-electron chi connectivity index (χ4n) is 4.28. The van der Waals surface area contributed by atoms with Crippen molar-refractivity contribution in [2.45, 2.75) is 44.3 Å². The van der Waals surface area contributed by atoms with E-state index < -0.39 is 0 Å². The second-order valence-electron chi connectivity index (χ2n) is 8.00. The van der Waals surface area contributed by atoms with Crippen molar-refractivity contribution in [3.8, 4) is 0 Å². The highest BCUT2D eigenvalue weighted by molar-refractivity contribution is 7.99. The summed E-state index contributed by atoms with van der Waals surface area (Å²) in [6.07, 6.45) is 3.29. The third-order valence-corrected chi connectivity index (χ3v) is 7.15. The molecule has 0 aliphatic heterocycles. The molecular formula is C24H26N2O2S. The Kier molecular flexibility index (Phi) is 5.86. The largest absolute Gasteiger partial charge is 0.293 e. The first kappa shape index (κ1) is 19.9. The SMILES string of the molecule is C[C@@H]1[C@H](C)CCC[C@H]1n1c(SCC(=O)c2ccccc2)nc2ccccc2c1=O. The highest BCUT2D eigenvalue weighted by Crippen LogP contribution is 2.38. The lowest BCUT2D eigenvalue weighted by atomic mass is 9.78. The second-order valence-corrected chi connectivity index (χ2v) is 8.94. The Morgan fingerprint density at radius 1 is 1.07 bits per heavy atom. The Morgan fingerprint density at radius 3 is 2.59 bits per heavy atom. The van der Waals surface area contributed by atoms with E-state index in [1.54, 1.807) is 0 Å². The summed E-state index contributed by atoms with van der Waals surface area (Å²) in [5.74, 6) is 1.28. The first-order chi connectivity index (χ1) is 14.1. The fraction of sp³-hybridized carbons (Fsp3) is 0.375. The van der Waals surface area contributed by atoms with Crippen molar-refractivity contribution in [1.82, 2.24) is 9.55 Å². The minimum atomic E-state index is 0.0104. The summed E-state index contributed by atoms with van der Waals surface area (Å²) < 4.78 is 1.88. The lowest BCUT2D eigenvalue weighted by molar-refractivity contribution is 0.102. The van der Waals surface area contributed by atoms with E-state index in [2.05, 4.69) is 13.8 Å². The number of fused-ring (bicyclic) bond motifs is 1. The molecule has 0 N–H and O–H groups in total. The molecule has 0 saturated heterocycles. The topological polar surface area (TPSA) is 52.0 Å². The normalized spacial score (nSPS) is 21.9. The molecule has 3 atom stereocenters. The van der Waals surface area contributed by atoms with Gasteiger partial charge in [-0.3, -0.25) is 14.2 Å². The van der Waals surface area contributed by atoms with Crippen LogP contribution in [0.4, 0.5) is 0 Å². The maximum atomic E-state index is 13.4. The van der Waals surface area contributed by atoms with E-state index in [4.69, 9.17) is 4.98 Å². The van der Waals surface area contributed by atoms with Gasteiger partial charge in [0.1, 0.15) is 0 Å². The van der Waals surface area contributed by atoms with Crippen molar-refractivity contribution in [3.63, 3.8) is 0 Å². The molecule has 1 aliphatic rings. The van der Waals surface area contributed by atoms with Crippen molar-refractivity contribution >= 4 is 28.4 Å². The molecule has 4 rings (SSSR count). The van der Waals surface area contributed by atoms with Gasteiger partial charge in [0.2, 0.25) is 0 Å². The third-order valence-electron chi connectivity index (χ3n) is 6.20. The van der Waals surface area contributed by atoms with Gasteiger partial charge >= 0.3 is 0 Å². The van der Waals surface area contributed by atoms with Crippen LogP contribution < -0.4 is 5.56 Å². The van der Waals surface area contributed by atoms with Gasteiger partial charge in [0.25, 0.3) is 5.56 Å². The Balaban J connectivity index is 1.73. The van der Waals surface area contributed by atoms with E-state index in [0.29, 0.717) is 33.5 Å². The molecule has 1 aromatic heterocycles. The monoisotopic (exact) mass is 406 g/mol. The Hall–Kier alpha value is -2.40. The Morgan fingerprint density at radius 2 is 1.79 bits per heavy atom. The molecule has 0 bridgehead atoms. The molecule has 1 heterocycles. The van der Waals surface area contributed by atoms with Gasteiger partial charge in [-0.15, -0.1) is 0 Å². The van der Waals surface area contributed by atoms with Crippen LogP contribution in [-0.4, -0.2) is 21.1 Å². The number of hydrogen-bond donors (Lipinski definition) is 0. The van der Waals surface area contributed by atoms with Crippen LogP contribution in [0.3, 0.4) is 0 Å². The molecule has 0 spiro atoms. The molecule has 1 fully saturated rings. The van der Waals surface area contributed by atoms with E-state index >= 15 is 0 Å². The summed E-state index contributed by atoms with van der Waals surface area (Å²) in [5, 5.41) is 1.31. The van der Waals surface area contributed by atoms with Gasteiger partial charge in [-0.2, -0.15) is 0 Å². The van der Waals surface area contributed by atoms with Crippen molar-refractivity contribution in [2.75, 3.05) is 5.75 Å². The highest BCUT2D eigenvalue weighted by Gasteiger charge is 2.31.